The van der Waals surface area contributed by atoms with Gasteiger partial charge in [-0.15, -0.1) is 0 Å². The number of rotatable bonds is 5. The fourth-order valence-electron chi connectivity index (χ4n) is 5.41. The van der Waals surface area contributed by atoms with Crippen molar-refractivity contribution in [2.45, 2.75) is 17.8 Å². The van der Waals surface area contributed by atoms with Gasteiger partial charge in [0.25, 0.3) is 11.8 Å². The lowest BCUT2D eigenvalue weighted by molar-refractivity contribution is -0.130. The minimum absolute atomic E-state index is 0.0237. The Kier molecular flexibility index (Phi) is 7.91. The van der Waals surface area contributed by atoms with Gasteiger partial charge >= 0.3 is 0 Å². The van der Waals surface area contributed by atoms with Gasteiger partial charge in [0.15, 0.2) is 34.5 Å². The second-order valence-corrected chi connectivity index (χ2v) is 10.7. The highest BCUT2D eigenvalue weighted by molar-refractivity contribution is 6.08. The molecule has 238 valence electrons. The van der Waals surface area contributed by atoms with Crippen LogP contribution in [0.2, 0.25) is 0 Å². The first kappa shape index (κ1) is 31.3. The summed E-state index contributed by atoms with van der Waals surface area (Å²) in [5.41, 5.74) is -3.62. The molecule has 0 bridgehead atoms. The standard InChI is InChI=1S/C21H15F2NO3.C14H9F2NO3/c22-17-11-10-16-19(18(17)23)24-20(25)21(16,26)14-6-8-15(9-7-14)27-12-13-4-2-1-3-5-13;15-10-6-5-9-12(11(10)16)17-13(19)14(9,20)7-1-3-8(18)4-2-7/h1-11,26H,12H2,(H,24,25);1-6,18,20H,(H,17,19). The molecule has 2 atom stereocenters. The van der Waals surface area contributed by atoms with Gasteiger partial charge in [-0.05, 0) is 53.1 Å². The molecule has 8 nitrogen and oxygen atoms in total. The van der Waals surface area contributed by atoms with Gasteiger partial charge < -0.3 is 30.7 Å². The van der Waals surface area contributed by atoms with Gasteiger partial charge in [0.1, 0.15) is 18.1 Å². The lowest BCUT2D eigenvalue weighted by atomic mass is 9.87. The van der Waals surface area contributed by atoms with Crippen molar-refractivity contribution < 1.29 is 47.2 Å². The molecule has 47 heavy (non-hydrogen) atoms. The zero-order valence-corrected chi connectivity index (χ0v) is 24.1. The third kappa shape index (κ3) is 5.33. The monoisotopic (exact) mass is 644 g/mol. The van der Waals surface area contributed by atoms with Gasteiger partial charge in [-0.1, -0.05) is 66.7 Å². The molecule has 0 aliphatic carbocycles. The first-order chi connectivity index (χ1) is 22.4. The Balaban J connectivity index is 0.000000172. The van der Waals surface area contributed by atoms with Crippen LogP contribution in [0.3, 0.4) is 0 Å². The van der Waals surface area contributed by atoms with Crippen LogP contribution in [-0.2, 0) is 27.4 Å². The number of anilines is 2. The summed E-state index contributed by atoms with van der Waals surface area (Å²) in [6, 6.07) is 25.2. The smallest absolute Gasteiger partial charge is 0.265 e. The molecule has 2 aliphatic heterocycles. The minimum atomic E-state index is -2.11. The number of amides is 2. The molecule has 0 saturated carbocycles. The van der Waals surface area contributed by atoms with Crippen LogP contribution in [0.5, 0.6) is 11.5 Å². The highest BCUT2D eigenvalue weighted by atomic mass is 19.2. The number of phenolic OH excluding ortho intramolecular Hbond substituents is 1. The molecule has 2 amide bonds. The summed E-state index contributed by atoms with van der Waals surface area (Å²) in [6.45, 7) is 0.373. The Morgan fingerprint density at radius 1 is 0.596 bits per heavy atom. The van der Waals surface area contributed by atoms with Gasteiger partial charge in [-0.3, -0.25) is 9.59 Å². The normalized spacial score (nSPS) is 19.2. The van der Waals surface area contributed by atoms with E-state index < -0.39 is 46.3 Å². The maximum atomic E-state index is 13.9. The fourth-order valence-corrected chi connectivity index (χ4v) is 5.41. The summed E-state index contributed by atoms with van der Waals surface area (Å²) in [4.78, 5) is 24.3. The van der Waals surface area contributed by atoms with E-state index in [1.54, 1.807) is 12.1 Å². The van der Waals surface area contributed by atoms with Crippen molar-refractivity contribution in [3.63, 3.8) is 0 Å². The predicted octanol–water partition coefficient (Wildman–Crippen LogP) is 5.59. The first-order valence-electron chi connectivity index (χ1n) is 14.1. The average Bonchev–Trinajstić information content (AvgIpc) is 3.50. The van der Waals surface area contributed by atoms with E-state index in [9.17, 15) is 42.5 Å². The number of hydrogen-bond donors (Lipinski definition) is 5. The molecule has 0 saturated heterocycles. The second-order valence-electron chi connectivity index (χ2n) is 10.7. The first-order valence-corrected chi connectivity index (χ1v) is 14.1. The minimum Gasteiger partial charge on any atom is -0.508 e. The van der Waals surface area contributed by atoms with Crippen LogP contribution in [0.4, 0.5) is 28.9 Å². The van der Waals surface area contributed by atoms with Crippen LogP contribution in [0.25, 0.3) is 0 Å². The Hall–Kier alpha value is -5.72. The summed E-state index contributed by atoms with van der Waals surface area (Å²) in [5.74, 6) is -5.81. The van der Waals surface area contributed by atoms with Crippen molar-refractivity contribution in [2.75, 3.05) is 10.6 Å². The summed E-state index contributed by atoms with van der Waals surface area (Å²) in [7, 11) is 0. The molecule has 0 radical (unpaired) electrons. The number of ether oxygens (including phenoxy) is 1. The van der Waals surface area contributed by atoms with Crippen molar-refractivity contribution in [2.24, 2.45) is 0 Å². The van der Waals surface area contributed by atoms with Crippen LogP contribution >= 0.6 is 0 Å². The highest BCUT2D eigenvalue weighted by Gasteiger charge is 2.49. The van der Waals surface area contributed by atoms with Crippen LogP contribution in [0, 0.1) is 23.3 Å². The van der Waals surface area contributed by atoms with Crippen LogP contribution in [0.15, 0.2) is 103 Å². The van der Waals surface area contributed by atoms with E-state index >= 15 is 0 Å². The number of carbonyl (C=O) groups is 2. The van der Waals surface area contributed by atoms with Gasteiger partial charge in [0.05, 0.1) is 11.4 Å². The topological polar surface area (TPSA) is 128 Å². The van der Waals surface area contributed by atoms with Crippen LogP contribution < -0.4 is 15.4 Å². The Morgan fingerprint density at radius 2 is 1.04 bits per heavy atom. The van der Waals surface area contributed by atoms with E-state index in [2.05, 4.69) is 10.6 Å². The van der Waals surface area contributed by atoms with E-state index in [1.807, 2.05) is 30.3 Å². The number of aromatic hydroxyl groups is 1. The van der Waals surface area contributed by atoms with Crippen LogP contribution in [-0.4, -0.2) is 27.1 Å². The van der Waals surface area contributed by atoms with Gasteiger partial charge in [0, 0.05) is 11.1 Å². The Morgan fingerprint density at radius 3 is 1.51 bits per heavy atom. The van der Waals surface area contributed by atoms with E-state index in [4.69, 9.17) is 4.74 Å². The SMILES string of the molecule is O=C1Nc2c(ccc(F)c2F)C1(O)c1ccc(O)cc1.O=C1Nc2c(ccc(F)c2F)C1(O)c1ccc(OCc2ccccc2)cc1. The molecule has 0 fully saturated rings. The number of aliphatic hydroxyl groups is 2. The molecule has 5 aromatic rings. The lowest BCUT2D eigenvalue weighted by Crippen LogP contribution is -2.35. The van der Waals surface area contributed by atoms with Gasteiger partial charge in [0.2, 0.25) is 0 Å². The third-order valence-corrected chi connectivity index (χ3v) is 7.91. The summed E-state index contributed by atoms with van der Waals surface area (Å²) < 4.78 is 59.9. The maximum Gasteiger partial charge on any atom is 0.265 e. The van der Waals surface area contributed by atoms with Crippen LogP contribution in [0.1, 0.15) is 27.8 Å². The van der Waals surface area contributed by atoms with Gasteiger partial charge in [-0.25, -0.2) is 17.6 Å². The quantitative estimate of drug-likeness (QED) is 0.159. The predicted molar refractivity (Wildman–Crippen MR) is 161 cm³/mol. The lowest BCUT2D eigenvalue weighted by Gasteiger charge is -2.21. The number of phenols is 1. The molecule has 2 unspecified atom stereocenters. The third-order valence-electron chi connectivity index (χ3n) is 7.91. The number of benzene rings is 5. The van der Waals surface area contributed by atoms with Crippen molar-refractivity contribution >= 4 is 23.2 Å². The molecule has 2 aliphatic rings. The zero-order chi connectivity index (χ0) is 33.5. The fraction of sp³-hybridized carbons (Fsp3) is 0.0857. The molecule has 0 aromatic heterocycles. The summed E-state index contributed by atoms with van der Waals surface area (Å²) in [5, 5.41) is 35.2. The molecule has 12 heteroatoms. The number of nitrogens with one attached hydrogen (secondary N) is 2. The number of hydrogen-bond acceptors (Lipinski definition) is 6. The van der Waals surface area contributed by atoms with Crippen molar-refractivity contribution in [3.05, 3.63) is 154 Å². The molecule has 5 aromatic carbocycles. The molecule has 0 spiro atoms. The molecule has 2 heterocycles. The average molecular weight is 645 g/mol. The van der Waals surface area contributed by atoms with E-state index in [0.29, 0.717) is 12.4 Å². The maximum absolute atomic E-state index is 13.9. The van der Waals surface area contributed by atoms with E-state index in [1.165, 1.54) is 42.5 Å². The molecule has 5 N–H and O–H groups in total. The highest BCUT2D eigenvalue weighted by Crippen LogP contribution is 2.44. The van der Waals surface area contributed by atoms with E-state index in [-0.39, 0.29) is 39.4 Å². The van der Waals surface area contributed by atoms with Gasteiger partial charge in [-0.2, -0.15) is 0 Å². The Bertz CT molecular complexity index is 2010. The molecular formula is C35H24F4N2O6. The summed E-state index contributed by atoms with van der Waals surface area (Å²) in [6.07, 6.45) is 0. The van der Waals surface area contributed by atoms with Crippen molar-refractivity contribution in [3.8, 4) is 11.5 Å². The molecule has 7 rings (SSSR count). The summed E-state index contributed by atoms with van der Waals surface area (Å²) >= 11 is 0. The van der Waals surface area contributed by atoms with Crippen molar-refractivity contribution in [1.82, 2.24) is 0 Å². The second kappa shape index (κ2) is 11.9. The number of fused-ring (bicyclic) bond motifs is 2. The largest absolute Gasteiger partial charge is 0.508 e. The Labute approximate surface area is 264 Å². The van der Waals surface area contributed by atoms with E-state index in [0.717, 1.165) is 23.8 Å². The zero-order valence-electron chi connectivity index (χ0n) is 24.1. The molecular weight excluding hydrogens is 620 g/mol. The number of halogens is 4. The van der Waals surface area contributed by atoms with Crippen molar-refractivity contribution in [1.29, 1.82) is 0 Å². The number of carbonyl (C=O) groups excluding carboxylic acids is 2.